The summed E-state index contributed by atoms with van der Waals surface area (Å²) in [5.74, 6) is 2.14. The Kier molecular flexibility index (Phi) is 10.4. The zero-order chi connectivity index (χ0) is 30.8. The maximum Gasteiger partial charge on any atom is 0.475 e. The van der Waals surface area contributed by atoms with Gasteiger partial charge in [0.05, 0.1) is 18.5 Å². The minimum atomic E-state index is -4.15. The molecule has 0 spiro atoms. The zero-order valence-electron chi connectivity index (χ0n) is 24.2. The van der Waals surface area contributed by atoms with Gasteiger partial charge in [0.2, 0.25) is 12.6 Å². The van der Waals surface area contributed by atoms with Crippen molar-refractivity contribution < 1.29 is 37.1 Å². The van der Waals surface area contributed by atoms with Crippen LogP contribution in [0.1, 0.15) is 28.8 Å². The molecule has 3 aromatic heterocycles. The lowest BCUT2D eigenvalue weighted by molar-refractivity contribution is -0.711. The molecule has 0 saturated heterocycles. The molecule has 5 rings (SSSR count). The van der Waals surface area contributed by atoms with E-state index in [1.165, 1.54) is 10.1 Å². The summed E-state index contributed by atoms with van der Waals surface area (Å²) >= 11 is 0. The molecule has 0 amide bonds. The number of nitrogens with two attached hydrogens (primary N) is 1. The number of phosphoric ester groups is 1. The summed E-state index contributed by atoms with van der Waals surface area (Å²) in [4.78, 5) is 13.9. The summed E-state index contributed by atoms with van der Waals surface area (Å²) in [6.07, 6.45) is 5.61. The number of phosphoric acid groups is 1. The Morgan fingerprint density at radius 2 is 1.75 bits per heavy atom. The second kappa shape index (κ2) is 14.8. The first kappa shape index (κ1) is 30.9. The number of hydrogen-bond acceptors (Lipinski definition) is 9. The van der Waals surface area contributed by atoms with Gasteiger partial charge in [0.1, 0.15) is 17.9 Å². The number of anilines is 1. The highest BCUT2D eigenvalue weighted by atomic mass is 31.2. The van der Waals surface area contributed by atoms with E-state index < -0.39 is 7.82 Å². The van der Waals surface area contributed by atoms with E-state index in [1.807, 2.05) is 54.6 Å². The van der Waals surface area contributed by atoms with Crippen LogP contribution in [0.25, 0.3) is 11.3 Å². The Labute approximate surface area is 255 Å². The standard InChI is InChI=1S/C32H33N4O7P/c1-39-44(37,38)42-23-36-17-5-10-29(32(36)33)30-20-27(35-43-30)19-26-13-16-31(34-21-26)40-18-6-9-24-11-14-28(15-12-24)41-22-25-7-3-2-4-8-25/h2-5,7-8,10-17,20-21,33H,6,9,18-19,22-23H2,1H3,(H,37,38)/p+1. The van der Waals surface area contributed by atoms with Gasteiger partial charge >= 0.3 is 7.82 Å². The molecule has 2 aromatic carbocycles. The minimum Gasteiger partial charge on any atom is -0.489 e. The number of benzene rings is 2. The van der Waals surface area contributed by atoms with Crippen LogP contribution >= 0.6 is 7.82 Å². The SMILES string of the molecule is COP(=O)(O)OC[n+]1cccc(-c2cc(Cc3ccc(OCCCc4ccc(OCc5ccccc5)cc4)nc3)no2)c1N. The fraction of sp³-hybridized carbons (Fsp3) is 0.219. The molecule has 3 heterocycles. The van der Waals surface area contributed by atoms with Crippen LogP contribution in [0.4, 0.5) is 5.82 Å². The number of hydrogen-bond donors (Lipinski definition) is 2. The zero-order valence-corrected chi connectivity index (χ0v) is 25.1. The van der Waals surface area contributed by atoms with E-state index in [9.17, 15) is 9.46 Å². The first-order valence-electron chi connectivity index (χ1n) is 14.0. The molecule has 5 aromatic rings. The van der Waals surface area contributed by atoms with Crippen molar-refractivity contribution in [3.8, 4) is 23.0 Å². The summed E-state index contributed by atoms with van der Waals surface area (Å²) in [7, 11) is -3.06. The molecule has 12 heteroatoms. The second-order valence-electron chi connectivity index (χ2n) is 9.92. The van der Waals surface area contributed by atoms with Crippen LogP contribution in [0.5, 0.6) is 11.6 Å². The quantitative estimate of drug-likeness (QED) is 0.0877. The third-order valence-electron chi connectivity index (χ3n) is 6.74. The molecule has 44 heavy (non-hydrogen) atoms. The fourth-order valence-corrected chi connectivity index (χ4v) is 4.73. The van der Waals surface area contributed by atoms with Crippen molar-refractivity contribution in [2.24, 2.45) is 0 Å². The molecule has 0 saturated carbocycles. The van der Waals surface area contributed by atoms with Gasteiger partial charge in [0.15, 0.2) is 5.76 Å². The van der Waals surface area contributed by atoms with Crippen molar-refractivity contribution in [2.75, 3.05) is 19.5 Å². The van der Waals surface area contributed by atoms with Gasteiger partial charge in [-0.2, -0.15) is 0 Å². The van der Waals surface area contributed by atoms with Crippen molar-refractivity contribution >= 4 is 13.6 Å². The van der Waals surface area contributed by atoms with Crippen LogP contribution < -0.4 is 19.8 Å². The van der Waals surface area contributed by atoms with Gasteiger partial charge in [-0.3, -0.25) is 10.3 Å². The Hall–Kier alpha value is -4.54. The van der Waals surface area contributed by atoms with Gasteiger partial charge in [-0.15, -0.1) is 0 Å². The van der Waals surface area contributed by atoms with Gasteiger partial charge in [0.25, 0.3) is 5.82 Å². The Balaban J connectivity index is 1.06. The molecule has 0 fully saturated rings. The summed E-state index contributed by atoms with van der Waals surface area (Å²) in [6, 6.07) is 27.3. The molecular weight excluding hydrogens is 583 g/mol. The van der Waals surface area contributed by atoms with Crippen LogP contribution in [0.2, 0.25) is 0 Å². The Morgan fingerprint density at radius 3 is 2.50 bits per heavy atom. The Morgan fingerprint density at radius 1 is 0.955 bits per heavy atom. The molecular formula is C32H34N4O7P+. The lowest BCUT2D eigenvalue weighted by Gasteiger charge is -2.09. The maximum absolute atomic E-state index is 11.6. The lowest BCUT2D eigenvalue weighted by atomic mass is 10.1. The maximum atomic E-state index is 11.6. The van der Waals surface area contributed by atoms with E-state index in [1.54, 1.807) is 30.6 Å². The van der Waals surface area contributed by atoms with Gasteiger partial charge in [0, 0.05) is 31.9 Å². The first-order chi connectivity index (χ1) is 21.4. The fourth-order valence-electron chi connectivity index (χ4n) is 4.35. The predicted octanol–water partition coefficient (Wildman–Crippen LogP) is 5.51. The highest BCUT2D eigenvalue weighted by molar-refractivity contribution is 7.47. The van der Waals surface area contributed by atoms with Crippen LogP contribution in [0.3, 0.4) is 0 Å². The number of aryl methyl sites for hydroxylation is 1. The van der Waals surface area contributed by atoms with Gasteiger partial charge < -0.3 is 18.9 Å². The summed E-state index contributed by atoms with van der Waals surface area (Å²) < 4.78 is 39.6. The van der Waals surface area contributed by atoms with Crippen molar-refractivity contribution in [1.29, 1.82) is 0 Å². The van der Waals surface area contributed by atoms with E-state index in [2.05, 4.69) is 26.8 Å². The second-order valence-corrected chi connectivity index (χ2v) is 11.5. The van der Waals surface area contributed by atoms with Crippen LogP contribution in [-0.2, 0) is 39.8 Å². The molecule has 0 aliphatic rings. The molecule has 1 atom stereocenters. The van der Waals surface area contributed by atoms with Crippen molar-refractivity contribution in [2.45, 2.75) is 32.6 Å². The smallest absolute Gasteiger partial charge is 0.475 e. The third-order valence-corrected chi connectivity index (χ3v) is 7.65. The molecule has 0 bridgehead atoms. The van der Waals surface area contributed by atoms with E-state index in [0.717, 1.165) is 36.8 Å². The van der Waals surface area contributed by atoms with E-state index in [0.29, 0.717) is 42.5 Å². The monoisotopic (exact) mass is 617 g/mol. The van der Waals surface area contributed by atoms with Crippen LogP contribution in [0, 0.1) is 0 Å². The van der Waals surface area contributed by atoms with Crippen molar-refractivity contribution in [3.05, 3.63) is 120 Å². The Bertz CT molecular complexity index is 1680. The largest absolute Gasteiger partial charge is 0.489 e. The molecule has 0 radical (unpaired) electrons. The lowest BCUT2D eigenvalue weighted by Crippen LogP contribution is -2.38. The van der Waals surface area contributed by atoms with Crippen molar-refractivity contribution in [3.63, 3.8) is 0 Å². The molecule has 3 N–H and O–H groups in total. The van der Waals surface area contributed by atoms with E-state index in [4.69, 9.17) is 24.3 Å². The summed E-state index contributed by atoms with van der Waals surface area (Å²) in [6.45, 7) is 0.824. The van der Waals surface area contributed by atoms with Gasteiger partial charge in [-0.05, 0) is 53.8 Å². The number of nitrogen functional groups attached to an aromatic ring is 1. The molecule has 0 aliphatic carbocycles. The number of nitrogens with zero attached hydrogens (tertiary/aromatic N) is 3. The average Bonchev–Trinajstić information content (AvgIpc) is 3.51. The van der Waals surface area contributed by atoms with Gasteiger partial charge in [-0.25, -0.2) is 18.6 Å². The van der Waals surface area contributed by atoms with Crippen LogP contribution in [0.15, 0.2) is 102 Å². The highest BCUT2D eigenvalue weighted by Gasteiger charge is 2.22. The van der Waals surface area contributed by atoms with E-state index >= 15 is 0 Å². The number of aromatic nitrogens is 3. The molecule has 0 aliphatic heterocycles. The third kappa shape index (κ3) is 8.75. The number of rotatable bonds is 15. The summed E-state index contributed by atoms with van der Waals surface area (Å²) in [5.41, 5.74) is 10.8. The van der Waals surface area contributed by atoms with E-state index in [-0.39, 0.29) is 12.5 Å². The molecule has 228 valence electrons. The first-order valence-corrected chi connectivity index (χ1v) is 15.5. The normalized spacial score (nSPS) is 12.5. The molecule has 11 nitrogen and oxygen atoms in total. The van der Waals surface area contributed by atoms with Crippen LogP contribution in [-0.4, -0.2) is 28.8 Å². The molecule has 1 unspecified atom stereocenters. The topological polar surface area (TPSA) is 143 Å². The average molecular weight is 618 g/mol. The van der Waals surface area contributed by atoms with Gasteiger partial charge in [-0.1, -0.05) is 53.7 Å². The summed E-state index contributed by atoms with van der Waals surface area (Å²) in [5, 5.41) is 4.16. The number of pyridine rings is 2. The highest BCUT2D eigenvalue weighted by Crippen LogP contribution is 2.41. The predicted molar refractivity (Wildman–Crippen MR) is 163 cm³/mol. The number of ether oxygens (including phenoxy) is 2. The minimum absolute atomic E-state index is 0.277. The van der Waals surface area contributed by atoms with Crippen molar-refractivity contribution in [1.82, 2.24) is 10.1 Å².